The molecule has 0 aromatic carbocycles. The minimum Gasteiger partial charge on any atom is -0.493 e. The third-order valence-electron chi connectivity index (χ3n) is 2.84. The molecular formula is C10H16N2O2S. The number of aromatic hydroxyl groups is 1. The Morgan fingerprint density at radius 3 is 2.80 bits per heavy atom. The Hall–Kier alpha value is -0.810. The average molecular weight is 228 g/mol. The summed E-state index contributed by atoms with van der Waals surface area (Å²) in [5.74, 6) is 0.0986. The van der Waals surface area contributed by atoms with E-state index in [0.29, 0.717) is 12.1 Å². The van der Waals surface area contributed by atoms with Crippen LogP contribution in [0.25, 0.3) is 0 Å². The lowest BCUT2D eigenvalue weighted by atomic mass is 10.1. The highest BCUT2D eigenvalue weighted by Crippen LogP contribution is 2.30. The van der Waals surface area contributed by atoms with Crippen molar-refractivity contribution < 1.29 is 9.84 Å². The Morgan fingerprint density at radius 1 is 1.60 bits per heavy atom. The van der Waals surface area contributed by atoms with Crippen LogP contribution >= 0.6 is 11.3 Å². The molecule has 1 fully saturated rings. The quantitative estimate of drug-likeness (QED) is 0.839. The molecule has 1 N–H and O–H groups in total. The molecule has 0 saturated carbocycles. The van der Waals surface area contributed by atoms with Gasteiger partial charge in [0, 0.05) is 7.05 Å². The van der Waals surface area contributed by atoms with Gasteiger partial charge in [0.2, 0.25) is 5.88 Å². The van der Waals surface area contributed by atoms with Gasteiger partial charge < -0.3 is 14.7 Å². The van der Waals surface area contributed by atoms with E-state index in [1.807, 2.05) is 7.05 Å². The van der Waals surface area contributed by atoms with Gasteiger partial charge in [-0.2, -0.15) is 4.98 Å². The molecule has 1 aliphatic heterocycles. The van der Waals surface area contributed by atoms with Crippen LogP contribution in [0, 0.1) is 0 Å². The first-order valence-corrected chi connectivity index (χ1v) is 5.98. The summed E-state index contributed by atoms with van der Waals surface area (Å²) in [7, 11) is 2.00. The highest BCUT2D eigenvalue weighted by Gasteiger charge is 2.33. The van der Waals surface area contributed by atoms with Crippen molar-refractivity contribution in [1.29, 1.82) is 0 Å². The first-order valence-electron chi connectivity index (χ1n) is 5.10. The largest absolute Gasteiger partial charge is 0.493 e. The molecule has 3 atom stereocenters. The van der Waals surface area contributed by atoms with Gasteiger partial charge in [-0.1, -0.05) is 0 Å². The molecule has 1 aliphatic rings. The van der Waals surface area contributed by atoms with Gasteiger partial charge in [0.15, 0.2) is 5.13 Å². The lowest BCUT2D eigenvalue weighted by molar-refractivity contribution is 0.0633. The zero-order valence-corrected chi connectivity index (χ0v) is 9.99. The number of anilines is 1. The number of hydrogen-bond acceptors (Lipinski definition) is 5. The topological polar surface area (TPSA) is 45.6 Å². The fraction of sp³-hybridized carbons (Fsp3) is 0.700. The van der Waals surface area contributed by atoms with E-state index in [0.717, 1.165) is 11.6 Å². The molecule has 0 spiro atoms. The van der Waals surface area contributed by atoms with E-state index in [-0.39, 0.29) is 12.0 Å². The van der Waals surface area contributed by atoms with Crippen molar-refractivity contribution in [3.8, 4) is 5.88 Å². The fourth-order valence-corrected chi connectivity index (χ4v) is 2.79. The summed E-state index contributed by atoms with van der Waals surface area (Å²) in [6, 6.07) is 0.352. The lowest BCUT2D eigenvalue weighted by Crippen LogP contribution is -2.36. The van der Waals surface area contributed by atoms with Crippen LogP contribution in [0.5, 0.6) is 5.88 Å². The molecule has 1 aromatic heterocycles. The Bertz CT molecular complexity index is 342. The summed E-state index contributed by atoms with van der Waals surface area (Å²) in [6.45, 7) is 4.17. The molecule has 15 heavy (non-hydrogen) atoms. The summed E-state index contributed by atoms with van der Waals surface area (Å²) in [6.07, 6.45) is 1.54. The molecule has 0 aliphatic carbocycles. The number of rotatable bonds is 2. The van der Waals surface area contributed by atoms with Crippen LogP contribution in [0.4, 0.5) is 5.13 Å². The van der Waals surface area contributed by atoms with Crippen LogP contribution in [-0.2, 0) is 4.74 Å². The van der Waals surface area contributed by atoms with Crippen molar-refractivity contribution in [3.05, 3.63) is 5.38 Å². The van der Waals surface area contributed by atoms with Gasteiger partial charge in [0.05, 0.1) is 23.6 Å². The third-order valence-corrected chi connectivity index (χ3v) is 3.76. The van der Waals surface area contributed by atoms with E-state index in [2.05, 4.69) is 23.7 Å². The number of likely N-dealkylation sites (N-methyl/N-ethyl adjacent to an activating group) is 1. The maximum atomic E-state index is 9.20. The van der Waals surface area contributed by atoms with Gasteiger partial charge in [-0.25, -0.2) is 0 Å². The van der Waals surface area contributed by atoms with Gasteiger partial charge in [-0.15, -0.1) is 11.3 Å². The van der Waals surface area contributed by atoms with Crippen LogP contribution in [0.15, 0.2) is 5.38 Å². The van der Waals surface area contributed by atoms with E-state index in [9.17, 15) is 5.11 Å². The van der Waals surface area contributed by atoms with Crippen molar-refractivity contribution in [2.75, 3.05) is 11.9 Å². The Balaban J connectivity index is 2.11. The molecule has 2 rings (SSSR count). The van der Waals surface area contributed by atoms with Crippen molar-refractivity contribution in [2.45, 2.75) is 38.5 Å². The van der Waals surface area contributed by atoms with E-state index in [4.69, 9.17) is 4.74 Å². The molecule has 2 heterocycles. The molecule has 0 radical (unpaired) electrons. The molecule has 0 bridgehead atoms. The van der Waals surface area contributed by atoms with Gasteiger partial charge in [-0.05, 0) is 20.3 Å². The molecule has 1 aromatic rings. The van der Waals surface area contributed by atoms with Crippen LogP contribution in [0.3, 0.4) is 0 Å². The van der Waals surface area contributed by atoms with E-state index >= 15 is 0 Å². The molecule has 3 unspecified atom stereocenters. The standard InChI is InChI=1S/C10H16N2O2S/c1-6-4-8(7(2)14-6)12(3)10-11-9(13)5-15-10/h5-8,13H,4H2,1-3H3. The summed E-state index contributed by atoms with van der Waals surface area (Å²) in [5, 5.41) is 11.7. The average Bonchev–Trinajstić information content (AvgIpc) is 2.71. The highest BCUT2D eigenvalue weighted by molar-refractivity contribution is 7.13. The molecular weight excluding hydrogens is 212 g/mol. The number of thiazole rings is 1. The third kappa shape index (κ3) is 2.08. The first kappa shape index (κ1) is 10.7. The Kier molecular flexibility index (Phi) is 2.84. The molecule has 1 saturated heterocycles. The van der Waals surface area contributed by atoms with Crippen molar-refractivity contribution in [3.63, 3.8) is 0 Å². The summed E-state index contributed by atoms with van der Waals surface area (Å²) in [4.78, 5) is 6.15. The Labute approximate surface area is 93.5 Å². The summed E-state index contributed by atoms with van der Waals surface area (Å²) in [5.41, 5.74) is 0. The van der Waals surface area contributed by atoms with Gasteiger partial charge in [0.1, 0.15) is 0 Å². The fourth-order valence-electron chi connectivity index (χ4n) is 2.08. The molecule has 84 valence electrons. The van der Waals surface area contributed by atoms with Crippen LogP contribution < -0.4 is 4.90 Å². The number of hydrogen-bond donors (Lipinski definition) is 1. The monoisotopic (exact) mass is 228 g/mol. The molecule has 0 amide bonds. The second kappa shape index (κ2) is 3.98. The predicted molar refractivity (Wildman–Crippen MR) is 60.6 cm³/mol. The second-order valence-electron chi connectivity index (χ2n) is 4.05. The Morgan fingerprint density at radius 2 is 2.33 bits per heavy atom. The highest BCUT2D eigenvalue weighted by atomic mass is 32.1. The van der Waals surface area contributed by atoms with Gasteiger partial charge in [-0.3, -0.25) is 0 Å². The maximum absolute atomic E-state index is 9.20. The summed E-state index contributed by atoms with van der Waals surface area (Å²) < 4.78 is 5.70. The van der Waals surface area contributed by atoms with Crippen LogP contribution in [0.2, 0.25) is 0 Å². The number of nitrogens with zero attached hydrogens (tertiary/aromatic N) is 2. The van der Waals surface area contributed by atoms with E-state index in [1.165, 1.54) is 11.3 Å². The van der Waals surface area contributed by atoms with Crippen molar-refractivity contribution in [2.24, 2.45) is 0 Å². The molecule has 5 heteroatoms. The lowest BCUT2D eigenvalue weighted by Gasteiger charge is -2.25. The van der Waals surface area contributed by atoms with Crippen molar-refractivity contribution in [1.82, 2.24) is 4.98 Å². The zero-order valence-electron chi connectivity index (χ0n) is 9.17. The van der Waals surface area contributed by atoms with Gasteiger partial charge >= 0.3 is 0 Å². The number of ether oxygens (including phenoxy) is 1. The molecule has 4 nitrogen and oxygen atoms in total. The zero-order chi connectivity index (χ0) is 11.0. The smallest absolute Gasteiger partial charge is 0.223 e. The second-order valence-corrected chi connectivity index (χ2v) is 4.89. The maximum Gasteiger partial charge on any atom is 0.223 e. The summed E-state index contributed by atoms with van der Waals surface area (Å²) >= 11 is 1.46. The predicted octanol–water partition coefficient (Wildman–Crippen LogP) is 1.85. The van der Waals surface area contributed by atoms with Crippen LogP contribution in [-0.4, -0.2) is 35.4 Å². The first-order chi connectivity index (χ1) is 7.08. The number of aromatic nitrogens is 1. The normalized spacial score (nSPS) is 30.7. The van der Waals surface area contributed by atoms with E-state index < -0.39 is 0 Å². The van der Waals surface area contributed by atoms with E-state index in [1.54, 1.807) is 5.38 Å². The van der Waals surface area contributed by atoms with Crippen LogP contribution in [0.1, 0.15) is 20.3 Å². The van der Waals surface area contributed by atoms with Crippen molar-refractivity contribution >= 4 is 16.5 Å². The van der Waals surface area contributed by atoms with Gasteiger partial charge in [0.25, 0.3) is 0 Å². The SMILES string of the molecule is CC1CC(N(C)c2nc(O)cs2)C(C)O1. The minimum atomic E-state index is 0.0986. The minimum absolute atomic E-state index is 0.0986.